The van der Waals surface area contributed by atoms with E-state index in [1.807, 2.05) is 30.3 Å². The lowest BCUT2D eigenvalue weighted by Crippen LogP contribution is -2.51. The molecule has 1 aliphatic heterocycles. The number of aliphatic imine (C=N–C) groups is 1. The summed E-state index contributed by atoms with van der Waals surface area (Å²) in [5.41, 5.74) is -5.25. The van der Waals surface area contributed by atoms with Gasteiger partial charge in [0.1, 0.15) is 0 Å². The van der Waals surface area contributed by atoms with Crippen LogP contribution in [0, 0.1) is 0 Å². The van der Waals surface area contributed by atoms with Crippen LogP contribution >= 0.6 is 11.8 Å². The number of alkyl halides is 3. The molecule has 1 aliphatic rings. The molecule has 0 aliphatic carbocycles. The van der Waals surface area contributed by atoms with Crippen molar-refractivity contribution in [2.45, 2.75) is 29.3 Å². The van der Waals surface area contributed by atoms with Crippen molar-refractivity contribution in [1.82, 2.24) is 14.9 Å². The van der Waals surface area contributed by atoms with Crippen LogP contribution in [0.25, 0.3) is 0 Å². The minimum atomic E-state index is -5.25. The van der Waals surface area contributed by atoms with Crippen molar-refractivity contribution in [1.29, 1.82) is 0 Å². The van der Waals surface area contributed by atoms with Crippen molar-refractivity contribution in [2.75, 3.05) is 32.4 Å². The number of hydrogen-bond acceptors (Lipinski definition) is 4. The normalized spacial score (nSPS) is 17.7. The smallest absolute Gasteiger partial charge is 0.356 e. The Morgan fingerprint density at radius 2 is 1.89 bits per heavy atom. The quantitative estimate of drug-likeness (QED) is 0.317. The van der Waals surface area contributed by atoms with Gasteiger partial charge in [0.25, 0.3) is 0 Å². The molecule has 11 heteroatoms. The summed E-state index contributed by atoms with van der Waals surface area (Å²) in [6, 6.07) is 9.83. The van der Waals surface area contributed by atoms with Crippen molar-refractivity contribution in [3.63, 3.8) is 0 Å². The number of nitrogens with one attached hydrogen (secondary N) is 2. The Kier molecular flexibility index (Phi) is 7.80. The van der Waals surface area contributed by atoms with Gasteiger partial charge in [0.2, 0.25) is 0 Å². The molecule has 0 spiro atoms. The molecule has 2 rings (SSSR count). The van der Waals surface area contributed by atoms with Crippen LogP contribution in [0.2, 0.25) is 0 Å². The number of hydrogen-bond donors (Lipinski definition) is 2. The third-order valence-corrected chi connectivity index (χ3v) is 6.70. The topological polar surface area (TPSA) is 73.8 Å². The van der Waals surface area contributed by atoms with E-state index in [1.165, 1.54) is 4.90 Å². The summed E-state index contributed by atoms with van der Waals surface area (Å²) in [4.78, 5) is 5.27. The van der Waals surface area contributed by atoms with E-state index in [-0.39, 0.29) is 32.0 Å². The average Bonchev–Trinajstić information content (AvgIpc) is 2.64. The molecule has 1 aromatic carbocycles. The molecule has 0 atom stereocenters. The van der Waals surface area contributed by atoms with E-state index in [4.69, 9.17) is 0 Å². The zero-order chi connectivity index (χ0) is 19.9. The van der Waals surface area contributed by atoms with Gasteiger partial charge in [-0.15, -0.1) is 11.8 Å². The first-order chi connectivity index (χ1) is 12.7. The number of guanidine groups is 1. The molecule has 0 amide bonds. The molecule has 1 aromatic rings. The number of nitrogens with zero attached hydrogens (tertiary/aromatic N) is 2. The third-order valence-electron chi connectivity index (χ3n) is 4.06. The summed E-state index contributed by atoms with van der Waals surface area (Å²) in [5.74, 6) is 1.38. The van der Waals surface area contributed by atoms with Gasteiger partial charge in [-0.05, 0) is 25.0 Å². The van der Waals surface area contributed by atoms with E-state index < -0.39 is 15.5 Å². The van der Waals surface area contributed by atoms with Crippen LogP contribution in [-0.4, -0.2) is 62.7 Å². The highest BCUT2D eigenvalue weighted by molar-refractivity contribution is 7.99. The first-order valence-electron chi connectivity index (χ1n) is 8.45. The van der Waals surface area contributed by atoms with Gasteiger partial charge in [-0.2, -0.15) is 17.5 Å². The molecule has 6 nitrogen and oxygen atoms in total. The predicted molar refractivity (Wildman–Crippen MR) is 101 cm³/mol. The summed E-state index contributed by atoms with van der Waals surface area (Å²) in [6.07, 6.45) is 0.573. The highest BCUT2D eigenvalue weighted by Crippen LogP contribution is 2.28. The van der Waals surface area contributed by atoms with E-state index in [9.17, 15) is 21.6 Å². The fourth-order valence-electron chi connectivity index (χ4n) is 2.63. The lowest BCUT2D eigenvalue weighted by molar-refractivity contribution is -0.0494. The second-order valence-corrected chi connectivity index (χ2v) is 9.03. The van der Waals surface area contributed by atoms with Crippen LogP contribution in [0.4, 0.5) is 13.2 Å². The standard InChI is InChI=1S/C16H23F3N4O2S2/c1-20-15(21-9-12-26-14-5-3-2-4-6-14)22-13-7-10-23(11-8-13)27(24,25)16(17,18)19/h2-6,13H,7-12H2,1H3,(H2,20,21,22). The maximum atomic E-state index is 12.6. The number of piperidine rings is 1. The molecule has 152 valence electrons. The highest BCUT2D eigenvalue weighted by atomic mass is 32.2. The Balaban J connectivity index is 1.73. The second-order valence-electron chi connectivity index (χ2n) is 5.93. The van der Waals surface area contributed by atoms with Crippen LogP contribution in [-0.2, 0) is 10.0 Å². The predicted octanol–water partition coefficient (Wildman–Crippen LogP) is 2.26. The summed E-state index contributed by atoms with van der Waals surface area (Å²) in [5, 5.41) is 6.30. The fourth-order valence-corrected chi connectivity index (χ4v) is 4.40. The average molecular weight is 425 g/mol. The summed E-state index contributed by atoms with van der Waals surface area (Å²) in [7, 11) is -3.63. The number of halogens is 3. The first kappa shape index (κ1) is 21.8. The Hall–Kier alpha value is -1.46. The number of sulfonamides is 1. The van der Waals surface area contributed by atoms with Gasteiger partial charge < -0.3 is 10.6 Å². The summed E-state index contributed by atoms with van der Waals surface area (Å²) in [6.45, 7) is 0.335. The number of benzene rings is 1. The van der Waals surface area contributed by atoms with Crippen molar-refractivity contribution < 1.29 is 21.6 Å². The molecule has 1 saturated heterocycles. The van der Waals surface area contributed by atoms with E-state index in [0.717, 1.165) is 5.75 Å². The van der Waals surface area contributed by atoms with Crippen molar-refractivity contribution in [3.05, 3.63) is 30.3 Å². The molecule has 0 saturated carbocycles. The second kappa shape index (κ2) is 9.65. The van der Waals surface area contributed by atoms with Gasteiger partial charge in [-0.25, -0.2) is 8.42 Å². The van der Waals surface area contributed by atoms with Crippen LogP contribution in [0.1, 0.15) is 12.8 Å². The Morgan fingerprint density at radius 1 is 1.26 bits per heavy atom. The van der Waals surface area contributed by atoms with Crippen LogP contribution in [0.3, 0.4) is 0 Å². The molecular weight excluding hydrogens is 401 g/mol. The summed E-state index contributed by atoms with van der Waals surface area (Å²) >= 11 is 1.70. The zero-order valence-electron chi connectivity index (χ0n) is 14.9. The SMILES string of the molecule is CN=C(NCCSc1ccccc1)NC1CCN(S(=O)(=O)C(F)(F)F)CC1. The molecular formula is C16H23F3N4O2S2. The van der Waals surface area contributed by atoms with Crippen LogP contribution < -0.4 is 10.6 Å². The molecule has 1 fully saturated rings. The Labute approximate surface area is 161 Å². The van der Waals surface area contributed by atoms with Crippen molar-refractivity contribution in [3.8, 4) is 0 Å². The van der Waals surface area contributed by atoms with E-state index >= 15 is 0 Å². The van der Waals surface area contributed by atoms with E-state index in [0.29, 0.717) is 16.8 Å². The van der Waals surface area contributed by atoms with E-state index in [1.54, 1.807) is 18.8 Å². The minimum absolute atomic E-state index is 0.127. The van der Waals surface area contributed by atoms with Crippen molar-refractivity contribution >= 4 is 27.7 Å². The molecule has 27 heavy (non-hydrogen) atoms. The Bertz CT molecular complexity index is 719. The maximum Gasteiger partial charge on any atom is 0.511 e. The van der Waals surface area contributed by atoms with Gasteiger partial charge in [-0.3, -0.25) is 4.99 Å². The van der Waals surface area contributed by atoms with Gasteiger partial charge in [0, 0.05) is 43.4 Å². The fraction of sp³-hybridized carbons (Fsp3) is 0.562. The lowest BCUT2D eigenvalue weighted by Gasteiger charge is -2.32. The molecule has 0 bridgehead atoms. The van der Waals surface area contributed by atoms with Gasteiger partial charge in [0.15, 0.2) is 5.96 Å². The summed E-state index contributed by atoms with van der Waals surface area (Å²) < 4.78 is 61.1. The lowest BCUT2D eigenvalue weighted by atomic mass is 10.1. The van der Waals surface area contributed by atoms with Gasteiger partial charge in [0.05, 0.1) is 0 Å². The van der Waals surface area contributed by atoms with Crippen LogP contribution in [0.5, 0.6) is 0 Å². The monoisotopic (exact) mass is 424 g/mol. The van der Waals surface area contributed by atoms with Crippen LogP contribution in [0.15, 0.2) is 40.2 Å². The first-order valence-corrected chi connectivity index (χ1v) is 10.9. The largest absolute Gasteiger partial charge is 0.511 e. The maximum absolute atomic E-state index is 12.6. The molecule has 0 aromatic heterocycles. The zero-order valence-corrected chi connectivity index (χ0v) is 16.5. The highest BCUT2D eigenvalue weighted by Gasteiger charge is 2.50. The van der Waals surface area contributed by atoms with Gasteiger partial charge >= 0.3 is 15.5 Å². The number of rotatable bonds is 6. The molecule has 0 radical (unpaired) electrons. The Morgan fingerprint density at radius 3 is 2.44 bits per heavy atom. The minimum Gasteiger partial charge on any atom is -0.356 e. The molecule has 0 unspecified atom stereocenters. The van der Waals surface area contributed by atoms with Crippen molar-refractivity contribution in [2.24, 2.45) is 4.99 Å². The molecule has 2 N–H and O–H groups in total. The third kappa shape index (κ3) is 6.28. The molecule has 1 heterocycles. The number of thioether (sulfide) groups is 1. The van der Waals surface area contributed by atoms with E-state index in [2.05, 4.69) is 15.6 Å². The van der Waals surface area contributed by atoms with Gasteiger partial charge in [-0.1, -0.05) is 18.2 Å².